The van der Waals surface area contributed by atoms with Crippen molar-refractivity contribution in [3.8, 4) is 0 Å². The van der Waals surface area contributed by atoms with E-state index in [1.165, 1.54) is 18.1 Å². The van der Waals surface area contributed by atoms with E-state index in [2.05, 4.69) is 34.2 Å². The van der Waals surface area contributed by atoms with Crippen LogP contribution in [0.3, 0.4) is 0 Å². The maximum Gasteiger partial charge on any atom is 0.217 e. The average Bonchev–Trinajstić information content (AvgIpc) is 2.14. The van der Waals surface area contributed by atoms with E-state index in [-0.39, 0.29) is 5.91 Å². The maximum absolute atomic E-state index is 10.6. The fourth-order valence-corrected chi connectivity index (χ4v) is 1.69. The Labute approximate surface area is 98.5 Å². The highest BCUT2D eigenvalue weighted by molar-refractivity contribution is 9.10. The number of rotatable bonds is 3. The minimum Gasteiger partial charge on any atom is -0.353 e. The van der Waals surface area contributed by atoms with E-state index in [9.17, 15) is 4.79 Å². The average molecular weight is 268 g/mol. The largest absolute Gasteiger partial charge is 0.353 e. The van der Waals surface area contributed by atoms with Gasteiger partial charge in [0.05, 0.1) is 0 Å². The Balaban J connectivity index is 2.60. The molecule has 0 saturated carbocycles. The predicted molar refractivity (Wildman–Crippen MR) is 66.6 cm³/mol. The van der Waals surface area contributed by atoms with Crippen molar-refractivity contribution in [1.82, 2.24) is 5.32 Å². The third-order valence-corrected chi connectivity index (χ3v) is 2.49. The number of benzene rings is 1. The molecule has 1 amide bonds. The van der Waals surface area contributed by atoms with Gasteiger partial charge in [-0.2, -0.15) is 0 Å². The van der Waals surface area contributed by atoms with Gasteiger partial charge in [0.1, 0.15) is 0 Å². The van der Waals surface area contributed by atoms with Gasteiger partial charge in [-0.1, -0.05) is 34.1 Å². The monoisotopic (exact) mass is 267 g/mol. The molecule has 2 nitrogen and oxygen atoms in total. The molecule has 0 heterocycles. The normalized spacial score (nSPS) is 10.6. The maximum atomic E-state index is 10.6. The Morgan fingerprint density at radius 1 is 1.53 bits per heavy atom. The first-order valence-corrected chi connectivity index (χ1v) is 5.56. The highest BCUT2D eigenvalue weighted by Gasteiger charge is 1.94. The van der Waals surface area contributed by atoms with Gasteiger partial charge in [-0.25, -0.2) is 0 Å². The smallest absolute Gasteiger partial charge is 0.217 e. The van der Waals surface area contributed by atoms with Crippen LogP contribution in [0.4, 0.5) is 0 Å². The number of aryl methyl sites for hydroxylation is 1. The van der Waals surface area contributed by atoms with E-state index >= 15 is 0 Å². The molecule has 0 saturated heterocycles. The number of carbonyl (C=O) groups excluding carboxylic acids is 1. The molecule has 0 spiro atoms. The van der Waals surface area contributed by atoms with Crippen molar-refractivity contribution < 1.29 is 4.79 Å². The molecule has 0 aliphatic carbocycles. The van der Waals surface area contributed by atoms with E-state index in [4.69, 9.17) is 0 Å². The molecular weight excluding hydrogens is 254 g/mol. The van der Waals surface area contributed by atoms with Crippen LogP contribution in [-0.2, 0) is 4.79 Å². The second kappa shape index (κ2) is 5.71. The van der Waals surface area contributed by atoms with E-state index in [0.717, 1.165) is 4.47 Å². The van der Waals surface area contributed by atoms with Crippen LogP contribution in [-0.4, -0.2) is 12.5 Å². The molecule has 0 radical (unpaired) electrons. The van der Waals surface area contributed by atoms with Crippen molar-refractivity contribution in [3.63, 3.8) is 0 Å². The van der Waals surface area contributed by atoms with Gasteiger partial charge >= 0.3 is 0 Å². The molecule has 15 heavy (non-hydrogen) atoms. The fraction of sp³-hybridized carbons (Fsp3) is 0.250. The van der Waals surface area contributed by atoms with Crippen molar-refractivity contribution in [2.24, 2.45) is 0 Å². The molecule has 0 unspecified atom stereocenters. The first-order chi connectivity index (χ1) is 7.09. The molecule has 1 aromatic carbocycles. The number of hydrogen-bond donors (Lipinski definition) is 1. The third kappa shape index (κ3) is 4.30. The number of nitrogens with one attached hydrogen (secondary N) is 1. The van der Waals surface area contributed by atoms with E-state index in [0.29, 0.717) is 6.54 Å². The Morgan fingerprint density at radius 2 is 2.27 bits per heavy atom. The summed E-state index contributed by atoms with van der Waals surface area (Å²) in [6, 6.07) is 6.12. The van der Waals surface area contributed by atoms with Crippen LogP contribution in [0.1, 0.15) is 18.1 Å². The first kappa shape index (κ1) is 12.0. The first-order valence-electron chi connectivity index (χ1n) is 4.76. The zero-order valence-electron chi connectivity index (χ0n) is 8.88. The van der Waals surface area contributed by atoms with E-state index in [1.54, 1.807) is 0 Å². The van der Waals surface area contributed by atoms with Crippen molar-refractivity contribution in [2.75, 3.05) is 6.54 Å². The molecule has 3 heteroatoms. The zero-order chi connectivity index (χ0) is 11.3. The summed E-state index contributed by atoms with van der Waals surface area (Å²) in [4.78, 5) is 10.6. The quantitative estimate of drug-likeness (QED) is 0.897. The summed E-state index contributed by atoms with van der Waals surface area (Å²) in [7, 11) is 0. The van der Waals surface area contributed by atoms with E-state index < -0.39 is 0 Å². The van der Waals surface area contributed by atoms with E-state index in [1.807, 2.05) is 24.3 Å². The van der Waals surface area contributed by atoms with Crippen LogP contribution in [0.15, 0.2) is 28.7 Å². The summed E-state index contributed by atoms with van der Waals surface area (Å²) in [6.07, 6.45) is 3.95. The minimum atomic E-state index is -0.00724. The van der Waals surface area contributed by atoms with Crippen molar-refractivity contribution in [1.29, 1.82) is 0 Å². The summed E-state index contributed by atoms with van der Waals surface area (Å²) < 4.78 is 1.08. The molecule has 1 rings (SSSR count). The van der Waals surface area contributed by atoms with Crippen LogP contribution in [0.2, 0.25) is 0 Å². The lowest BCUT2D eigenvalue weighted by Gasteiger charge is -2.01. The molecule has 1 N–H and O–H groups in total. The Kier molecular flexibility index (Phi) is 4.56. The van der Waals surface area contributed by atoms with Crippen LogP contribution in [0, 0.1) is 6.92 Å². The highest BCUT2D eigenvalue weighted by Crippen LogP contribution is 2.16. The minimum absolute atomic E-state index is 0.00724. The SMILES string of the molecule is CC(=O)NCC=Cc1ccc(Br)cc1C. The highest BCUT2D eigenvalue weighted by atomic mass is 79.9. The van der Waals surface area contributed by atoms with Crippen LogP contribution in [0.5, 0.6) is 0 Å². The molecular formula is C12H14BrNO. The lowest BCUT2D eigenvalue weighted by molar-refractivity contribution is -0.118. The number of amides is 1. The van der Waals surface area contributed by atoms with Crippen LogP contribution in [0.25, 0.3) is 6.08 Å². The standard InChI is InChI=1S/C12H14BrNO/c1-9-8-12(13)6-5-11(9)4-3-7-14-10(2)15/h3-6,8H,7H2,1-2H3,(H,14,15). The summed E-state index contributed by atoms with van der Waals surface area (Å²) in [5, 5.41) is 2.71. The second-order valence-electron chi connectivity index (χ2n) is 3.34. The van der Waals surface area contributed by atoms with Crippen molar-refractivity contribution in [3.05, 3.63) is 39.9 Å². The van der Waals surface area contributed by atoms with Gasteiger partial charge in [0.25, 0.3) is 0 Å². The lowest BCUT2D eigenvalue weighted by atomic mass is 10.1. The van der Waals surface area contributed by atoms with Crippen LogP contribution >= 0.6 is 15.9 Å². The van der Waals surface area contributed by atoms with Gasteiger partial charge in [0.2, 0.25) is 5.91 Å². The van der Waals surface area contributed by atoms with Gasteiger partial charge in [-0.3, -0.25) is 4.79 Å². The van der Waals surface area contributed by atoms with Crippen molar-refractivity contribution in [2.45, 2.75) is 13.8 Å². The molecule has 0 fully saturated rings. The molecule has 0 bridgehead atoms. The summed E-state index contributed by atoms with van der Waals surface area (Å²) >= 11 is 3.42. The van der Waals surface area contributed by atoms with Gasteiger partial charge < -0.3 is 5.32 Å². The Morgan fingerprint density at radius 3 is 2.87 bits per heavy atom. The van der Waals surface area contributed by atoms with Gasteiger partial charge in [0.15, 0.2) is 0 Å². The molecule has 80 valence electrons. The third-order valence-electron chi connectivity index (χ3n) is 2.00. The zero-order valence-corrected chi connectivity index (χ0v) is 10.5. The molecule has 1 aromatic rings. The van der Waals surface area contributed by atoms with Crippen molar-refractivity contribution >= 4 is 27.9 Å². The second-order valence-corrected chi connectivity index (χ2v) is 4.26. The number of carbonyl (C=O) groups is 1. The summed E-state index contributed by atoms with van der Waals surface area (Å²) in [5.74, 6) is -0.00724. The lowest BCUT2D eigenvalue weighted by Crippen LogP contribution is -2.19. The molecule has 0 aromatic heterocycles. The molecule has 0 atom stereocenters. The van der Waals surface area contributed by atoms with Crippen LogP contribution < -0.4 is 5.32 Å². The Bertz CT molecular complexity index is 385. The van der Waals surface area contributed by atoms with Gasteiger partial charge in [-0.15, -0.1) is 0 Å². The van der Waals surface area contributed by atoms with Gasteiger partial charge in [0, 0.05) is 17.9 Å². The summed E-state index contributed by atoms with van der Waals surface area (Å²) in [5.41, 5.74) is 2.38. The molecule has 0 aliphatic heterocycles. The Hall–Kier alpha value is -1.09. The number of halogens is 1. The summed E-state index contributed by atoms with van der Waals surface area (Å²) in [6.45, 7) is 4.15. The molecule has 0 aliphatic rings. The predicted octanol–water partition coefficient (Wildman–Crippen LogP) is 2.91. The number of hydrogen-bond acceptors (Lipinski definition) is 1. The fourth-order valence-electron chi connectivity index (χ4n) is 1.21. The van der Waals surface area contributed by atoms with Gasteiger partial charge in [-0.05, 0) is 30.2 Å². The topological polar surface area (TPSA) is 29.1 Å².